The predicted octanol–water partition coefficient (Wildman–Crippen LogP) is 6.94. The molecule has 0 saturated carbocycles. The first-order valence-corrected chi connectivity index (χ1v) is 12.0. The number of alkyl halides is 6. The number of hydrogen-bond acceptors (Lipinski definition) is 9. The van der Waals surface area contributed by atoms with Crippen LogP contribution in [0.25, 0.3) is 0 Å². The van der Waals surface area contributed by atoms with Crippen LogP contribution in [0.4, 0.5) is 43.4 Å². The van der Waals surface area contributed by atoms with Gasteiger partial charge in [-0.15, -0.1) is 0 Å². The van der Waals surface area contributed by atoms with Crippen LogP contribution in [0.15, 0.2) is 60.9 Å². The first-order chi connectivity index (χ1) is 19.9. The predicted molar refractivity (Wildman–Crippen MR) is 142 cm³/mol. The van der Waals surface area contributed by atoms with E-state index in [4.69, 9.17) is 17.3 Å². The van der Waals surface area contributed by atoms with Crippen LogP contribution in [0.3, 0.4) is 0 Å². The topological polar surface area (TPSA) is 164 Å². The van der Waals surface area contributed by atoms with Crippen LogP contribution in [0.2, 0.25) is 5.28 Å². The number of nitrogens with zero attached hydrogens (tertiary/aromatic N) is 6. The van der Waals surface area contributed by atoms with Crippen molar-refractivity contribution in [2.45, 2.75) is 32.6 Å². The first kappa shape index (κ1) is 34.3. The lowest BCUT2D eigenvalue weighted by molar-refractivity contribution is -0.385. The summed E-state index contributed by atoms with van der Waals surface area (Å²) in [5, 5.41) is 20.5. The van der Waals surface area contributed by atoms with Gasteiger partial charge in [0, 0.05) is 48.8 Å². The van der Waals surface area contributed by atoms with Gasteiger partial charge in [0.15, 0.2) is 0 Å². The van der Waals surface area contributed by atoms with E-state index in [2.05, 4.69) is 19.9 Å². The fourth-order valence-corrected chi connectivity index (χ4v) is 3.22. The lowest BCUT2D eigenvalue weighted by Gasteiger charge is -2.08. The highest BCUT2D eigenvalue weighted by molar-refractivity contribution is 6.28. The average molecular weight is 632 g/mol. The minimum absolute atomic E-state index is 0.0155. The van der Waals surface area contributed by atoms with Crippen LogP contribution in [0.5, 0.6) is 0 Å². The van der Waals surface area contributed by atoms with Gasteiger partial charge in [-0.3, -0.25) is 20.2 Å². The molecular formula is C25H20ClF6N7O4. The van der Waals surface area contributed by atoms with Gasteiger partial charge in [-0.25, -0.2) is 19.9 Å². The zero-order chi connectivity index (χ0) is 32.5. The van der Waals surface area contributed by atoms with Gasteiger partial charge in [-0.05, 0) is 60.3 Å². The maximum atomic E-state index is 12.6. The van der Waals surface area contributed by atoms with Crippen molar-refractivity contribution in [1.82, 2.24) is 19.9 Å². The molecule has 0 amide bonds. The van der Waals surface area contributed by atoms with E-state index in [9.17, 15) is 46.6 Å². The third-order valence-electron chi connectivity index (χ3n) is 5.26. The number of nitro groups is 2. The van der Waals surface area contributed by atoms with E-state index in [0.717, 1.165) is 30.1 Å². The Morgan fingerprint density at radius 2 is 1.26 bits per heavy atom. The van der Waals surface area contributed by atoms with Crippen molar-refractivity contribution in [1.29, 1.82) is 0 Å². The number of non-ortho nitro benzene ring substituents is 2. The molecule has 0 aliphatic heterocycles. The van der Waals surface area contributed by atoms with E-state index >= 15 is 0 Å². The molecule has 43 heavy (non-hydrogen) atoms. The number of aryl methyl sites for hydroxylation is 2. The third kappa shape index (κ3) is 10.8. The second kappa shape index (κ2) is 14.3. The zero-order valence-electron chi connectivity index (χ0n) is 22.0. The number of aromatic nitrogens is 4. The van der Waals surface area contributed by atoms with Crippen LogP contribution in [-0.2, 0) is 18.8 Å². The van der Waals surface area contributed by atoms with E-state index < -0.39 is 38.9 Å². The normalized spacial score (nSPS) is 11.0. The van der Waals surface area contributed by atoms with E-state index in [1.807, 2.05) is 0 Å². The van der Waals surface area contributed by atoms with Gasteiger partial charge >= 0.3 is 12.4 Å². The van der Waals surface area contributed by atoms with Gasteiger partial charge in [-0.2, -0.15) is 26.3 Å². The molecule has 4 rings (SSSR count). The molecule has 228 valence electrons. The molecule has 0 spiro atoms. The lowest BCUT2D eigenvalue weighted by Crippen LogP contribution is -2.10. The van der Waals surface area contributed by atoms with Gasteiger partial charge in [0.2, 0.25) is 5.28 Å². The second-order valence-electron chi connectivity index (χ2n) is 8.41. The molecule has 0 unspecified atom stereocenters. The lowest BCUT2D eigenvalue weighted by atomic mass is 10.0. The Balaban J connectivity index is 0.000000247. The smallest absolute Gasteiger partial charge is 0.399 e. The highest BCUT2D eigenvalue weighted by Crippen LogP contribution is 2.28. The molecule has 2 aromatic heterocycles. The van der Waals surface area contributed by atoms with Crippen molar-refractivity contribution in [2.75, 3.05) is 5.73 Å². The summed E-state index contributed by atoms with van der Waals surface area (Å²) in [6, 6.07) is 10.1. The highest BCUT2D eigenvalue weighted by atomic mass is 35.5. The fourth-order valence-electron chi connectivity index (χ4n) is 3.07. The summed E-state index contributed by atoms with van der Waals surface area (Å²) in [5.41, 5.74) is 6.00. The molecule has 0 fully saturated rings. The first-order valence-electron chi connectivity index (χ1n) is 11.6. The molecule has 0 atom stereocenters. The highest BCUT2D eigenvalue weighted by Gasteiger charge is 2.33. The Labute approximate surface area is 243 Å². The van der Waals surface area contributed by atoms with E-state index in [0.29, 0.717) is 16.8 Å². The number of rotatable bonds is 4. The van der Waals surface area contributed by atoms with Gasteiger partial charge in [0.05, 0.1) is 9.85 Å². The van der Waals surface area contributed by atoms with Crippen LogP contribution in [-0.4, -0.2) is 29.8 Å². The average Bonchev–Trinajstić information content (AvgIpc) is 2.91. The molecule has 0 radical (unpaired) electrons. The van der Waals surface area contributed by atoms with Gasteiger partial charge in [0.1, 0.15) is 17.2 Å². The van der Waals surface area contributed by atoms with Crippen molar-refractivity contribution in [2.24, 2.45) is 0 Å². The van der Waals surface area contributed by atoms with Crippen LogP contribution >= 0.6 is 11.6 Å². The number of halogens is 7. The molecule has 0 aliphatic carbocycles. The summed E-state index contributed by atoms with van der Waals surface area (Å²) in [6.45, 7) is 3.39. The Bertz CT molecular complexity index is 1600. The summed E-state index contributed by atoms with van der Waals surface area (Å²) < 4.78 is 73.1. The maximum Gasteiger partial charge on any atom is 0.433 e. The monoisotopic (exact) mass is 631 g/mol. The SMILES string of the molecule is Cc1cc([N+](=O)[O-])ccc1Cc1nccc(C(F)(F)F)n1.Cc1cc([N+](=O)[O-])ccc1N.FC(F)(F)c1ccnc(Cl)n1. The quantitative estimate of drug-likeness (QED) is 0.0826. The molecule has 0 bridgehead atoms. The third-order valence-corrected chi connectivity index (χ3v) is 5.44. The number of hydrogen-bond donors (Lipinski definition) is 1. The summed E-state index contributed by atoms with van der Waals surface area (Å²) in [7, 11) is 0. The maximum absolute atomic E-state index is 12.6. The minimum Gasteiger partial charge on any atom is -0.399 e. The summed E-state index contributed by atoms with van der Waals surface area (Å²) >= 11 is 5.13. The largest absolute Gasteiger partial charge is 0.433 e. The summed E-state index contributed by atoms with van der Waals surface area (Å²) in [5.74, 6) is 0.0155. The molecule has 2 heterocycles. The number of anilines is 1. The Kier molecular flexibility index (Phi) is 11.4. The number of nitrogens with two attached hydrogens (primary N) is 1. The van der Waals surface area contributed by atoms with E-state index in [1.165, 1.54) is 36.4 Å². The van der Waals surface area contributed by atoms with Crippen LogP contribution < -0.4 is 5.73 Å². The van der Waals surface area contributed by atoms with Gasteiger partial charge < -0.3 is 5.73 Å². The number of benzene rings is 2. The Morgan fingerprint density at radius 3 is 1.70 bits per heavy atom. The molecular weight excluding hydrogens is 612 g/mol. The molecule has 4 aromatic rings. The van der Waals surface area contributed by atoms with E-state index in [-0.39, 0.29) is 23.6 Å². The molecule has 2 N–H and O–H groups in total. The molecule has 2 aromatic carbocycles. The number of nitro benzene ring substituents is 2. The minimum atomic E-state index is -4.53. The Morgan fingerprint density at radius 1 is 0.767 bits per heavy atom. The summed E-state index contributed by atoms with van der Waals surface area (Å²) in [4.78, 5) is 33.4. The van der Waals surface area contributed by atoms with Crippen molar-refractivity contribution in [3.05, 3.63) is 120 Å². The number of nitrogen functional groups attached to an aromatic ring is 1. The zero-order valence-corrected chi connectivity index (χ0v) is 22.8. The standard InChI is InChI=1S/C13H10F3N3O2.C7H8N2O2.C5H2ClF3N2/c1-8-6-10(19(20)21)3-2-9(8)7-12-17-5-4-11(18-12)13(14,15)16;1-5-4-6(9(10)11)2-3-7(5)8;6-4-10-2-1-3(11-4)5(7,8)9/h2-6H,7H2,1H3;2-4H,8H2,1H3;1-2H. The van der Waals surface area contributed by atoms with Crippen molar-refractivity contribution in [3.63, 3.8) is 0 Å². The summed E-state index contributed by atoms with van der Waals surface area (Å²) in [6.07, 6.45) is -6.90. The fraction of sp³-hybridized carbons (Fsp3) is 0.200. The van der Waals surface area contributed by atoms with Crippen LogP contribution in [0.1, 0.15) is 33.9 Å². The van der Waals surface area contributed by atoms with Gasteiger partial charge in [0.25, 0.3) is 11.4 Å². The van der Waals surface area contributed by atoms with E-state index in [1.54, 1.807) is 13.8 Å². The van der Waals surface area contributed by atoms with Crippen LogP contribution in [0, 0.1) is 34.1 Å². The molecule has 18 heteroatoms. The molecule has 0 aliphatic rings. The van der Waals surface area contributed by atoms with Gasteiger partial charge in [-0.1, -0.05) is 6.07 Å². The van der Waals surface area contributed by atoms with Crippen molar-refractivity contribution < 1.29 is 36.2 Å². The van der Waals surface area contributed by atoms with Crippen molar-refractivity contribution >= 4 is 28.7 Å². The van der Waals surface area contributed by atoms with Crippen molar-refractivity contribution in [3.8, 4) is 0 Å². The molecule has 0 saturated heterocycles. The molecule has 11 nitrogen and oxygen atoms in total. The Hall–Kier alpha value is -4.93. The second-order valence-corrected chi connectivity index (χ2v) is 8.75.